The van der Waals surface area contributed by atoms with Crippen molar-refractivity contribution in [1.29, 1.82) is 0 Å². The third-order valence-electron chi connectivity index (χ3n) is 2.85. The van der Waals surface area contributed by atoms with Crippen molar-refractivity contribution in [1.82, 2.24) is 0 Å². The Bertz CT molecular complexity index is 604. The maximum absolute atomic E-state index is 13.4. The molecule has 2 aromatic rings. The lowest BCUT2D eigenvalue weighted by molar-refractivity contribution is 0.385. The molecule has 2 aromatic carbocycles. The zero-order chi connectivity index (χ0) is 14.0. The van der Waals surface area contributed by atoms with E-state index in [2.05, 4.69) is 0 Å². The van der Waals surface area contributed by atoms with E-state index in [4.69, 9.17) is 33.7 Å². The molecule has 2 N–H and O–H groups in total. The number of hydrogen-bond acceptors (Lipinski definition) is 2. The Morgan fingerprint density at radius 2 is 1.95 bits per heavy atom. The van der Waals surface area contributed by atoms with Gasteiger partial charge in [-0.2, -0.15) is 0 Å². The van der Waals surface area contributed by atoms with Crippen LogP contribution in [0.5, 0.6) is 5.75 Å². The molecule has 0 fully saturated rings. The number of ether oxygens (including phenoxy) is 1. The summed E-state index contributed by atoms with van der Waals surface area (Å²) in [6, 6.07) is 9.20. The standard InChI is InChI=1S/C14H12Cl2FNO/c1-19-12-7-8(5-6-11(12)17)14(18)9-3-2-4-10(15)13(9)16/h2-7,14H,18H2,1H3. The van der Waals surface area contributed by atoms with Gasteiger partial charge in [-0.3, -0.25) is 0 Å². The number of halogens is 3. The molecule has 0 radical (unpaired) electrons. The molecule has 0 aliphatic heterocycles. The van der Waals surface area contributed by atoms with Crippen LogP contribution in [-0.4, -0.2) is 7.11 Å². The Morgan fingerprint density at radius 1 is 1.21 bits per heavy atom. The van der Waals surface area contributed by atoms with Crippen molar-refractivity contribution in [3.63, 3.8) is 0 Å². The van der Waals surface area contributed by atoms with Gasteiger partial charge in [0, 0.05) is 0 Å². The minimum atomic E-state index is -0.499. The van der Waals surface area contributed by atoms with Crippen LogP contribution in [0.3, 0.4) is 0 Å². The van der Waals surface area contributed by atoms with Gasteiger partial charge in [0.15, 0.2) is 11.6 Å². The highest BCUT2D eigenvalue weighted by atomic mass is 35.5. The zero-order valence-corrected chi connectivity index (χ0v) is 11.7. The number of methoxy groups -OCH3 is 1. The van der Waals surface area contributed by atoms with Gasteiger partial charge in [-0.15, -0.1) is 0 Å². The Hall–Kier alpha value is -1.29. The van der Waals surface area contributed by atoms with E-state index in [0.29, 0.717) is 21.2 Å². The summed E-state index contributed by atoms with van der Waals surface area (Å²) in [6.07, 6.45) is 0. The first-order valence-corrected chi connectivity index (χ1v) is 6.33. The Balaban J connectivity index is 2.44. The molecule has 0 aliphatic carbocycles. The van der Waals surface area contributed by atoms with E-state index in [0.717, 1.165) is 0 Å². The number of rotatable bonds is 3. The lowest BCUT2D eigenvalue weighted by Crippen LogP contribution is -2.12. The van der Waals surface area contributed by atoms with Crippen molar-refractivity contribution in [2.75, 3.05) is 7.11 Å². The maximum atomic E-state index is 13.4. The van der Waals surface area contributed by atoms with E-state index in [-0.39, 0.29) is 5.75 Å². The first-order chi connectivity index (χ1) is 9.04. The molecule has 19 heavy (non-hydrogen) atoms. The summed E-state index contributed by atoms with van der Waals surface area (Å²) in [7, 11) is 1.40. The fourth-order valence-corrected chi connectivity index (χ4v) is 2.24. The molecule has 2 rings (SSSR count). The average molecular weight is 300 g/mol. The van der Waals surface area contributed by atoms with Gasteiger partial charge >= 0.3 is 0 Å². The van der Waals surface area contributed by atoms with Gasteiger partial charge < -0.3 is 10.5 Å². The second-order valence-electron chi connectivity index (χ2n) is 4.01. The fourth-order valence-electron chi connectivity index (χ4n) is 1.81. The minimum absolute atomic E-state index is 0.145. The number of hydrogen-bond donors (Lipinski definition) is 1. The molecule has 0 amide bonds. The Kier molecular flexibility index (Phi) is 4.30. The largest absolute Gasteiger partial charge is 0.494 e. The van der Waals surface area contributed by atoms with Crippen molar-refractivity contribution in [2.24, 2.45) is 5.73 Å². The summed E-state index contributed by atoms with van der Waals surface area (Å²) < 4.78 is 18.3. The first kappa shape index (κ1) is 14.1. The zero-order valence-electron chi connectivity index (χ0n) is 10.2. The molecule has 0 aliphatic rings. The molecular weight excluding hydrogens is 288 g/mol. The summed E-state index contributed by atoms with van der Waals surface area (Å²) in [6.45, 7) is 0. The molecule has 0 bridgehead atoms. The van der Waals surface area contributed by atoms with Gasteiger partial charge in [-0.05, 0) is 29.3 Å². The molecule has 0 saturated heterocycles. The second kappa shape index (κ2) is 5.78. The topological polar surface area (TPSA) is 35.2 Å². The van der Waals surface area contributed by atoms with Gasteiger partial charge in [-0.1, -0.05) is 41.4 Å². The molecule has 1 atom stereocenters. The Labute approximate surface area is 120 Å². The smallest absolute Gasteiger partial charge is 0.165 e. The van der Waals surface area contributed by atoms with Crippen molar-refractivity contribution in [3.05, 3.63) is 63.4 Å². The van der Waals surface area contributed by atoms with Crippen LogP contribution in [0.15, 0.2) is 36.4 Å². The predicted octanol–water partition coefficient (Wildman–Crippen LogP) is 4.19. The minimum Gasteiger partial charge on any atom is -0.494 e. The van der Waals surface area contributed by atoms with Crippen LogP contribution in [0.4, 0.5) is 4.39 Å². The van der Waals surface area contributed by atoms with Crippen LogP contribution in [0.25, 0.3) is 0 Å². The Morgan fingerprint density at radius 3 is 2.63 bits per heavy atom. The van der Waals surface area contributed by atoms with Gasteiger partial charge in [0.2, 0.25) is 0 Å². The summed E-state index contributed by atoms with van der Waals surface area (Å²) in [5.41, 5.74) is 7.52. The molecule has 2 nitrogen and oxygen atoms in total. The SMILES string of the molecule is COc1cc(C(N)c2cccc(Cl)c2Cl)ccc1F. The molecule has 100 valence electrons. The quantitative estimate of drug-likeness (QED) is 0.922. The van der Waals surface area contributed by atoms with E-state index in [1.807, 2.05) is 0 Å². The molecular formula is C14H12Cl2FNO. The number of benzene rings is 2. The highest BCUT2D eigenvalue weighted by Gasteiger charge is 2.16. The van der Waals surface area contributed by atoms with Crippen LogP contribution in [0.1, 0.15) is 17.2 Å². The van der Waals surface area contributed by atoms with Crippen LogP contribution < -0.4 is 10.5 Å². The van der Waals surface area contributed by atoms with Crippen LogP contribution >= 0.6 is 23.2 Å². The lowest BCUT2D eigenvalue weighted by Gasteiger charge is -2.16. The summed E-state index contributed by atoms with van der Waals surface area (Å²) in [5, 5.41) is 0.837. The molecule has 0 spiro atoms. The highest BCUT2D eigenvalue weighted by Crippen LogP contribution is 2.33. The second-order valence-corrected chi connectivity index (χ2v) is 4.80. The van der Waals surface area contributed by atoms with Crippen LogP contribution in [0, 0.1) is 5.82 Å². The van der Waals surface area contributed by atoms with Gasteiger partial charge in [0.1, 0.15) is 0 Å². The third-order valence-corrected chi connectivity index (χ3v) is 3.68. The lowest BCUT2D eigenvalue weighted by atomic mass is 9.99. The van der Waals surface area contributed by atoms with E-state index >= 15 is 0 Å². The maximum Gasteiger partial charge on any atom is 0.165 e. The first-order valence-electron chi connectivity index (χ1n) is 5.57. The van der Waals surface area contributed by atoms with Crippen LogP contribution in [-0.2, 0) is 0 Å². The average Bonchev–Trinajstić information content (AvgIpc) is 2.41. The molecule has 0 saturated carbocycles. The summed E-state index contributed by atoms with van der Waals surface area (Å²) in [5.74, 6) is -0.290. The van der Waals surface area contributed by atoms with E-state index in [1.165, 1.54) is 13.2 Å². The number of nitrogens with two attached hydrogens (primary N) is 1. The van der Waals surface area contributed by atoms with Crippen molar-refractivity contribution in [3.8, 4) is 5.75 Å². The van der Waals surface area contributed by atoms with Crippen molar-refractivity contribution in [2.45, 2.75) is 6.04 Å². The van der Waals surface area contributed by atoms with E-state index in [9.17, 15) is 4.39 Å². The van der Waals surface area contributed by atoms with Crippen molar-refractivity contribution < 1.29 is 9.13 Å². The van der Waals surface area contributed by atoms with Gasteiger partial charge in [-0.25, -0.2) is 4.39 Å². The third kappa shape index (κ3) is 2.84. The molecule has 0 aromatic heterocycles. The fraction of sp³-hybridized carbons (Fsp3) is 0.143. The molecule has 0 heterocycles. The monoisotopic (exact) mass is 299 g/mol. The van der Waals surface area contributed by atoms with Crippen LogP contribution in [0.2, 0.25) is 10.0 Å². The molecule has 5 heteroatoms. The highest BCUT2D eigenvalue weighted by molar-refractivity contribution is 6.42. The normalized spacial score (nSPS) is 12.3. The summed E-state index contributed by atoms with van der Waals surface area (Å²) in [4.78, 5) is 0. The van der Waals surface area contributed by atoms with Gasteiger partial charge in [0.05, 0.1) is 23.2 Å². The predicted molar refractivity (Wildman–Crippen MR) is 75.4 cm³/mol. The van der Waals surface area contributed by atoms with Gasteiger partial charge in [0.25, 0.3) is 0 Å². The van der Waals surface area contributed by atoms with E-state index < -0.39 is 11.9 Å². The van der Waals surface area contributed by atoms with E-state index in [1.54, 1.807) is 30.3 Å². The molecule has 1 unspecified atom stereocenters. The summed E-state index contributed by atoms with van der Waals surface area (Å²) >= 11 is 12.1. The van der Waals surface area contributed by atoms with Crippen molar-refractivity contribution >= 4 is 23.2 Å².